The first-order valence-electron chi connectivity index (χ1n) is 6.06. The average Bonchev–Trinajstić information content (AvgIpc) is 2.15. The molecule has 1 aliphatic heterocycles. The molecule has 0 saturated carbocycles. The molecule has 1 heterocycles. The van der Waals surface area contributed by atoms with Crippen molar-refractivity contribution in [2.24, 2.45) is 5.73 Å². The van der Waals surface area contributed by atoms with Gasteiger partial charge in [0, 0.05) is 18.6 Å². The highest BCUT2D eigenvalue weighted by molar-refractivity contribution is 5.68. The number of carbonyl (C=O) groups excluding carboxylic acids is 1. The fourth-order valence-corrected chi connectivity index (χ4v) is 2.05. The second-order valence-corrected chi connectivity index (χ2v) is 5.60. The molecule has 16 heavy (non-hydrogen) atoms. The molecular formula is C12H24N2O2. The molecule has 0 unspecified atom stereocenters. The van der Waals surface area contributed by atoms with Gasteiger partial charge in [0.2, 0.25) is 0 Å². The van der Waals surface area contributed by atoms with Crippen LogP contribution in [0.25, 0.3) is 0 Å². The molecule has 1 saturated heterocycles. The van der Waals surface area contributed by atoms with E-state index in [1.54, 1.807) is 4.90 Å². The first kappa shape index (κ1) is 13.3. The van der Waals surface area contributed by atoms with Crippen LogP contribution in [0.5, 0.6) is 0 Å². The predicted octanol–water partition coefficient (Wildman–Crippen LogP) is 2.12. The van der Waals surface area contributed by atoms with E-state index in [1.165, 1.54) is 0 Å². The van der Waals surface area contributed by atoms with Gasteiger partial charge < -0.3 is 15.4 Å². The van der Waals surface area contributed by atoms with Crippen molar-refractivity contribution in [3.8, 4) is 0 Å². The minimum absolute atomic E-state index is 0.00724. The molecule has 1 aliphatic rings. The van der Waals surface area contributed by atoms with Crippen LogP contribution in [-0.4, -0.2) is 35.2 Å². The number of rotatable bonds is 1. The largest absolute Gasteiger partial charge is 0.444 e. The van der Waals surface area contributed by atoms with Crippen LogP contribution in [0.1, 0.15) is 47.0 Å². The summed E-state index contributed by atoms with van der Waals surface area (Å²) in [6, 6.07) is 0.136. The summed E-state index contributed by atoms with van der Waals surface area (Å²) in [4.78, 5) is 13.8. The highest BCUT2D eigenvalue weighted by Gasteiger charge is 2.32. The third kappa shape index (κ3) is 3.67. The van der Waals surface area contributed by atoms with Gasteiger partial charge >= 0.3 is 6.09 Å². The van der Waals surface area contributed by atoms with E-state index in [-0.39, 0.29) is 18.2 Å². The summed E-state index contributed by atoms with van der Waals surface area (Å²) < 4.78 is 5.39. The van der Waals surface area contributed by atoms with Crippen molar-refractivity contribution in [1.29, 1.82) is 0 Å². The van der Waals surface area contributed by atoms with Crippen molar-refractivity contribution >= 4 is 6.09 Å². The maximum Gasteiger partial charge on any atom is 0.410 e. The Labute approximate surface area is 98.1 Å². The monoisotopic (exact) mass is 228 g/mol. The standard InChI is InChI=1S/C12H24N2O2/c1-9(13)10-7-5-6-8-14(10)11(15)16-12(2,3)4/h9-10H,5-8,13H2,1-4H3/t9-,10-/m1/s1. The minimum atomic E-state index is -0.434. The van der Waals surface area contributed by atoms with E-state index in [0.29, 0.717) is 0 Å². The van der Waals surface area contributed by atoms with Crippen LogP contribution < -0.4 is 5.73 Å². The van der Waals surface area contributed by atoms with Gasteiger partial charge in [-0.15, -0.1) is 0 Å². The van der Waals surface area contributed by atoms with Crippen molar-refractivity contribution in [2.75, 3.05) is 6.54 Å². The van der Waals surface area contributed by atoms with Gasteiger partial charge in [0.1, 0.15) is 5.60 Å². The fourth-order valence-electron chi connectivity index (χ4n) is 2.05. The van der Waals surface area contributed by atoms with Crippen LogP contribution in [0, 0.1) is 0 Å². The highest BCUT2D eigenvalue weighted by Crippen LogP contribution is 2.21. The lowest BCUT2D eigenvalue weighted by molar-refractivity contribution is 0.00731. The Morgan fingerprint density at radius 1 is 1.44 bits per heavy atom. The molecule has 0 aromatic rings. The van der Waals surface area contributed by atoms with Crippen LogP contribution in [0.15, 0.2) is 0 Å². The molecule has 0 radical (unpaired) electrons. The van der Waals surface area contributed by atoms with Gasteiger partial charge in [0.25, 0.3) is 0 Å². The molecule has 94 valence electrons. The number of ether oxygens (including phenoxy) is 1. The highest BCUT2D eigenvalue weighted by atomic mass is 16.6. The van der Waals surface area contributed by atoms with Gasteiger partial charge in [-0.25, -0.2) is 4.79 Å². The maximum atomic E-state index is 12.0. The van der Waals surface area contributed by atoms with Crippen LogP contribution >= 0.6 is 0 Å². The van der Waals surface area contributed by atoms with Gasteiger partial charge in [0.15, 0.2) is 0 Å². The molecule has 0 bridgehead atoms. The van der Waals surface area contributed by atoms with E-state index >= 15 is 0 Å². The summed E-state index contributed by atoms with van der Waals surface area (Å²) in [5, 5.41) is 0. The van der Waals surface area contributed by atoms with Gasteiger partial charge in [0.05, 0.1) is 0 Å². The molecule has 4 nitrogen and oxygen atoms in total. The third-order valence-electron chi connectivity index (χ3n) is 2.78. The quantitative estimate of drug-likeness (QED) is 0.748. The Bertz CT molecular complexity index is 246. The summed E-state index contributed by atoms with van der Waals surface area (Å²) >= 11 is 0. The lowest BCUT2D eigenvalue weighted by atomic mass is 9.97. The lowest BCUT2D eigenvalue weighted by Gasteiger charge is -2.38. The van der Waals surface area contributed by atoms with Crippen LogP contribution in [0.3, 0.4) is 0 Å². The number of hydrogen-bond acceptors (Lipinski definition) is 3. The molecule has 2 atom stereocenters. The first-order valence-corrected chi connectivity index (χ1v) is 6.06. The zero-order chi connectivity index (χ0) is 12.3. The molecule has 0 aromatic heterocycles. The number of likely N-dealkylation sites (tertiary alicyclic amines) is 1. The Hall–Kier alpha value is -0.770. The van der Waals surface area contributed by atoms with Gasteiger partial charge in [-0.1, -0.05) is 0 Å². The van der Waals surface area contributed by atoms with E-state index in [2.05, 4.69) is 0 Å². The molecular weight excluding hydrogens is 204 g/mol. The Balaban J connectivity index is 2.64. The molecule has 0 aliphatic carbocycles. The van der Waals surface area contributed by atoms with E-state index in [4.69, 9.17) is 10.5 Å². The van der Waals surface area contributed by atoms with Crippen molar-refractivity contribution < 1.29 is 9.53 Å². The Morgan fingerprint density at radius 2 is 2.06 bits per heavy atom. The topological polar surface area (TPSA) is 55.6 Å². The average molecular weight is 228 g/mol. The normalized spacial score (nSPS) is 24.1. The summed E-state index contributed by atoms with van der Waals surface area (Å²) in [6.07, 6.45) is 2.94. The van der Waals surface area contributed by atoms with E-state index < -0.39 is 5.60 Å². The van der Waals surface area contributed by atoms with Crippen molar-refractivity contribution in [2.45, 2.75) is 64.6 Å². The molecule has 1 fully saturated rings. The maximum absolute atomic E-state index is 12.0. The van der Waals surface area contributed by atoms with Crippen molar-refractivity contribution in [3.05, 3.63) is 0 Å². The predicted molar refractivity (Wildman–Crippen MR) is 64.2 cm³/mol. The number of carbonyl (C=O) groups is 1. The zero-order valence-electron chi connectivity index (χ0n) is 10.8. The molecule has 1 amide bonds. The second kappa shape index (κ2) is 5.04. The minimum Gasteiger partial charge on any atom is -0.444 e. The van der Waals surface area contributed by atoms with Crippen molar-refractivity contribution in [1.82, 2.24) is 4.90 Å². The molecule has 0 spiro atoms. The zero-order valence-corrected chi connectivity index (χ0v) is 10.8. The summed E-state index contributed by atoms with van der Waals surface area (Å²) in [6.45, 7) is 8.37. The number of nitrogens with two attached hydrogens (primary N) is 1. The van der Waals surface area contributed by atoms with E-state index in [1.807, 2.05) is 27.7 Å². The van der Waals surface area contributed by atoms with Crippen LogP contribution in [-0.2, 0) is 4.74 Å². The number of hydrogen-bond donors (Lipinski definition) is 1. The number of nitrogens with zero attached hydrogens (tertiary/aromatic N) is 1. The van der Waals surface area contributed by atoms with Gasteiger partial charge in [-0.05, 0) is 47.0 Å². The Kier molecular flexibility index (Phi) is 4.19. The number of amides is 1. The lowest BCUT2D eigenvalue weighted by Crippen LogP contribution is -2.52. The van der Waals surface area contributed by atoms with Gasteiger partial charge in [-0.2, -0.15) is 0 Å². The van der Waals surface area contributed by atoms with Gasteiger partial charge in [-0.3, -0.25) is 0 Å². The SMILES string of the molecule is C[C@@H](N)[C@H]1CCCCN1C(=O)OC(C)(C)C. The molecule has 4 heteroatoms. The molecule has 1 rings (SSSR count). The van der Waals surface area contributed by atoms with E-state index in [0.717, 1.165) is 25.8 Å². The first-order chi connectivity index (χ1) is 7.31. The smallest absolute Gasteiger partial charge is 0.410 e. The van der Waals surface area contributed by atoms with Crippen LogP contribution in [0.4, 0.5) is 4.79 Å². The van der Waals surface area contributed by atoms with E-state index in [9.17, 15) is 4.79 Å². The summed E-state index contributed by atoms with van der Waals surface area (Å²) in [5.74, 6) is 0. The molecule has 0 aromatic carbocycles. The van der Waals surface area contributed by atoms with Crippen molar-refractivity contribution in [3.63, 3.8) is 0 Å². The number of piperidine rings is 1. The third-order valence-corrected chi connectivity index (χ3v) is 2.78. The van der Waals surface area contributed by atoms with Crippen LogP contribution in [0.2, 0.25) is 0 Å². The summed E-state index contributed by atoms with van der Waals surface area (Å²) in [5.41, 5.74) is 5.48. The summed E-state index contributed by atoms with van der Waals surface area (Å²) in [7, 11) is 0. The molecule has 2 N–H and O–H groups in total. The fraction of sp³-hybridized carbons (Fsp3) is 0.917. The second-order valence-electron chi connectivity index (χ2n) is 5.60. The Morgan fingerprint density at radius 3 is 2.56 bits per heavy atom.